The third-order valence-electron chi connectivity index (χ3n) is 5.30. The summed E-state index contributed by atoms with van der Waals surface area (Å²) in [4.78, 5) is 28.6. The van der Waals surface area contributed by atoms with Crippen molar-refractivity contribution in [2.75, 3.05) is 19.6 Å². The number of nitrogens with zero attached hydrogens (tertiary/aromatic N) is 2. The molecule has 2 aliphatic heterocycles. The van der Waals surface area contributed by atoms with E-state index in [1.807, 2.05) is 9.80 Å². The van der Waals surface area contributed by atoms with Crippen LogP contribution in [0.5, 0.6) is 0 Å². The van der Waals surface area contributed by atoms with Crippen LogP contribution in [-0.4, -0.2) is 47.3 Å². The summed E-state index contributed by atoms with van der Waals surface area (Å²) in [7, 11) is 0. The first-order valence-electron chi connectivity index (χ1n) is 8.34. The van der Waals surface area contributed by atoms with Crippen molar-refractivity contribution in [1.29, 1.82) is 0 Å². The van der Waals surface area contributed by atoms with Crippen molar-refractivity contribution in [3.8, 4) is 0 Å². The molecule has 2 amide bonds. The molecule has 0 aromatic carbocycles. The number of carbonyl (C=O) groups excluding carboxylic acids is 2. The summed E-state index contributed by atoms with van der Waals surface area (Å²) in [5.74, 6) is 1.21. The number of rotatable bonds is 3. The molecule has 3 rings (SSSR count). The lowest BCUT2D eigenvalue weighted by molar-refractivity contribution is -0.143. The molecule has 3 aliphatic rings. The van der Waals surface area contributed by atoms with Crippen molar-refractivity contribution >= 4 is 11.8 Å². The molecule has 0 bridgehead atoms. The second-order valence-electron chi connectivity index (χ2n) is 6.61. The van der Waals surface area contributed by atoms with Gasteiger partial charge in [0.2, 0.25) is 11.8 Å². The van der Waals surface area contributed by atoms with Crippen molar-refractivity contribution in [2.45, 2.75) is 63.8 Å². The minimum absolute atomic E-state index is 0.151. The standard InChI is InChI=1S/C16H26N2O2/c19-15-9-12-17(11-8-13-5-1-2-6-13)16(20)14-7-3-4-10-18(14)15/h13-14H,1-12H2. The van der Waals surface area contributed by atoms with Gasteiger partial charge in [0.1, 0.15) is 6.04 Å². The lowest BCUT2D eigenvalue weighted by Gasteiger charge is -2.34. The van der Waals surface area contributed by atoms with Gasteiger partial charge in [-0.15, -0.1) is 0 Å². The second-order valence-corrected chi connectivity index (χ2v) is 6.61. The van der Waals surface area contributed by atoms with Gasteiger partial charge in [-0.1, -0.05) is 25.7 Å². The summed E-state index contributed by atoms with van der Waals surface area (Å²) < 4.78 is 0. The quantitative estimate of drug-likeness (QED) is 0.794. The van der Waals surface area contributed by atoms with Crippen LogP contribution in [0.2, 0.25) is 0 Å². The van der Waals surface area contributed by atoms with Crippen LogP contribution in [0.25, 0.3) is 0 Å². The van der Waals surface area contributed by atoms with Crippen LogP contribution in [-0.2, 0) is 9.59 Å². The zero-order valence-corrected chi connectivity index (χ0v) is 12.4. The fourth-order valence-electron chi connectivity index (χ4n) is 4.04. The lowest BCUT2D eigenvalue weighted by atomic mass is 10.0. The maximum atomic E-state index is 12.7. The van der Waals surface area contributed by atoms with Crippen LogP contribution in [0.15, 0.2) is 0 Å². The molecule has 0 radical (unpaired) electrons. The first kappa shape index (κ1) is 13.9. The number of piperidine rings is 1. The molecular formula is C16H26N2O2. The minimum atomic E-state index is -0.151. The van der Waals surface area contributed by atoms with Crippen molar-refractivity contribution in [1.82, 2.24) is 9.80 Å². The van der Waals surface area contributed by atoms with Gasteiger partial charge in [0.15, 0.2) is 0 Å². The zero-order chi connectivity index (χ0) is 13.9. The number of carbonyl (C=O) groups is 2. The lowest BCUT2D eigenvalue weighted by Crippen LogP contribution is -2.49. The molecule has 0 aromatic heterocycles. The van der Waals surface area contributed by atoms with E-state index in [-0.39, 0.29) is 17.9 Å². The van der Waals surface area contributed by atoms with E-state index in [2.05, 4.69) is 0 Å². The third kappa shape index (κ3) is 2.84. The van der Waals surface area contributed by atoms with Crippen LogP contribution in [0.1, 0.15) is 57.8 Å². The van der Waals surface area contributed by atoms with Crippen LogP contribution in [0.3, 0.4) is 0 Å². The Bertz CT molecular complexity index is 377. The molecule has 3 fully saturated rings. The Labute approximate surface area is 121 Å². The van der Waals surface area contributed by atoms with E-state index in [1.165, 1.54) is 25.7 Å². The molecule has 1 atom stereocenters. The molecule has 0 N–H and O–H groups in total. The number of fused-ring (bicyclic) bond motifs is 1. The average molecular weight is 278 g/mol. The molecule has 1 saturated carbocycles. The van der Waals surface area contributed by atoms with Gasteiger partial charge in [-0.25, -0.2) is 0 Å². The van der Waals surface area contributed by atoms with Gasteiger partial charge in [-0.3, -0.25) is 9.59 Å². The molecule has 0 aromatic rings. The van der Waals surface area contributed by atoms with Gasteiger partial charge in [0.25, 0.3) is 0 Å². The number of amides is 2. The van der Waals surface area contributed by atoms with E-state index < -0.39 is 0 Å². The van der Waals surface area contributed by atoms with Crippen molar-refractivity contribution in [3.63, 3.8) is 0 Å². The maximum absolute atomic E-state index is 12.7. The monoisotopic (exact) mass is 278 g/mol. The SMILES string of the molecule is O=C1C2CCCCN2C(=O)CCN1CCC1CCCC1. The van der Waals surface area contributed by atoms with Gasteiger partial charge >= 0.3 is 0 Å². The zero-order valence-electron chi connectivity index (χ0n) is 12.4. The third-order valence-corrected chi connectivity index (χ3v) is 5.30. The van der Waals surface area contributed by atoms with Gasteiger partial charge in [0.05, 0.1) is 0 Å². The first-order chi connectivity index (χ1) is 9.75. The highest BCUT2D eigenvalue weighted by atomic mass is 16.2. The number of hydrogen-bond donors (Lipinski definition) is 0. The molecule has 20 heavy (non-hydrogen) atoms. The van der Waals surface area contributed by atoms with Crippen LogP contribution < -0.4 is 0 Å². The summed E-state index contributed by atoms with van der Waals surface area (Å²) in [5, 5.41) is 0. The van der Waals surface area contributed by atoms with E-state index in [9.17, 15) is 9.59 Å². The Morgan fingerprint density at radius 2 is 1.70 bits per heavy atom. The van der Waals surface area contributed by atoms with Crippen LogP contribution in [0, 0.1) is 5.92 Å². The normalized spacial score (nSPS) is 28.7. The van der Waals surface area contributed by atoms with E-state index in [0.29, 0.717) is 13.0 Å². The van der Waals surface area contributed by atoms with Crippen LogP contribution in [0.4, 0.5) is 0 Å². The molecular weight excluding hydrogens is 252 g/mol. The minimum Gasteiger partial charge on any atom is -0.340 e. The van der Waals surface area contributed by atoms with Gasteiger partial charge in [0, 0.05) is 26.1 Å². The smallest absolute Gasteiger partial charge is 0.245 e. The molecule has 1 unspecified atom stereocenters. The van der Waals surface area contributed by atoms with E-state index >= 15 is 0 Å². The molecule has 1 aliphatic carbocycles. The average Bonchev–Trinajstić information content (AvgIpc) is 2.96. The Morgan fingerprint density at radius 1 is 0.950 bits per heavy atom. The fourth-order valence-corrected chi connectivity index (χ4v) is 4.04. The summed E-state index contributed by atoms with van der Waals surface area (Å²) >= 11 is 0. The highest BCUT2D eigenvalue weighted by Crippen LogP contribution is 2.29. The topological polar surface area (TPSA) is 40.6 Å². The first-order valence-corrected chi connectivity index (χ1v) is 8.34. The van der Waals surface area contributed by atoms with E-state index in [0.717, 1.165) is 44.7 Å². The molecule has 112 valence electrons. The van der Waals surface area contributed by atoms with E-state index in [4.69, 9.17) is 0 Å². The molecule has 2 saturated heterocycles. The summed E-state index contributed by atoms with van der Waals surface area (Å²) in [6, 6.07) is -0.151. The van der Waals surface area contributed by atoms with Crippen molar-refractivity contribution in [2.24, 2.45) is 5.92 Å². The Kier molecular flexibility index (Phi) is 4.27. The predicted octanol–water partition coefficient (Wildman–Crippen LogP) is 2.18. The largest absolute Gasteiger partial charge is 0.340 e. The highest BCUT2D eigenvalue weighted by Gasteiger charge is 2.37. The molecule has 4 nitrogen and oxygen atoms in total. The van der Waals surface area contributed by atoms with Crippen molar-refractivity contribution < 1.29 is 9.59 Å². The molecule has 4 heteroatoms. The maximum Gasteiger partial charge on any atom is 0.245 e. The molecule has 2 heterocycles. The van der Waals surface area contributed by atoms with Gasteiger partial charge in [-0.2, -0.15) is 0 Å². The van der Waals surface area contributed by atoms with E-state index in [1.54, 1.807) is 0 Å². The van der Waals surface area contributed by atoms with Crippen LogP contribution >= 0.6 is 0 Å². The Balaban J connectivity index is 1.62. The van der Waals surface area contributed by atoms with Crippen molar-refractivity contribution in [3.05, 3.63) is 0 Å². The second kappa shape index (κ2) is 6.15. The fraction of sp³-hybridized carbons (Fsp3) is 0.875. The summed E-state index contributed by atoms with van der Waals surface area (Å²) in [6.45, 7) is 2.28. The molecule has 0 spiro atoms. The summed E-state index contributed by atoms with van der Waals surface area (Å²) in [5.41, 5.74) is 0. The Morgan fingerprint density at radius 3 is 2.50 bits per heavy atom. The van der Waals surface area contributed by atoms with Gasteiger partial charge in [-0.05, 0) is 31.6 Å². The highest BCUT2D eigenvalue weighted by molar-refractivity contribution is 5.90. The predicted molar refractivity (Wildman–Crippen MR) is 77.1 cm³/mol. The summed E-state index contributed by atoms with van der Waals surface area (Å²) in [6.07, 6.45) is 10.0. The van der Waals surface area contributed by atoms with Gasteiger partial charge < -0.3 is 9.80 Å². The number of hydrogen-bond acceptors (Lipinski definition) is 2. The Hall–Kier alpha value is -1.06.